The van der Waals surface area contributed by atoms with E-state index < -0.39 is 5.97 Å². The molecule has 0 heterocycles. The van der Waals surface area contributed by atoms with Crippen LogP contribution in [0.15, 0.2) is 22.7 Å². The molecule has 0 atom stereocenters. The average Bonchev–Trinajstić information content (AvgIpc) is 2.20. The molecule has 3 nitrogen and oxygen atoms in total. The van der Waals surface area contributed by atoms with Crippen molar-refractivity contribution < 1.29 is 9.90 Å². The maximum Gasteiger partial charge on any atom is 0.335 e. The number of nitrogens with one attached hydrogen (secondary N) is 1. The summed E-state index contributed by atoms with van der Waals surface area (Å²) in [4.78, 5) is 10.7. The number of aromatic carboxylic acids is 1. The Morgan fingerprint density at radius 3 is 2.87 bits per heavy atom. The molecule has 0 aliphatic rings. The smallest absolute Gasteiger partial charge is 0.335 e. The van der Waals surface area contributed by atoms with Gasteiger partial charge in [-0.05, 0) is 40.4 Å². The lowest BCUT2D eigenvalue weighted by Gasteiger charge is -2.08. The molecule has 0 spiro atoms. The van der Waals surface area contributed by atoms with E-state index in [1.54, 1.807) is 30.0 Å². The zero-order valence-electron chi connectivity index (χ0n) is 8.29. The molecule has 1 aromatic rings. The van der Waals surface area contributed by atoms with Gasteiger partial charge in [-0.1, -0.05) is 0 Å². The van der Waals surface area contributed by atoms with Crippen LogP contribution in [0.1, 0.15) is 10.4 Å². The van der Waals surface area contributed by atoms with Crippen molar-refractivity contribution >= 4 is 39.3 Å². The van der Waals surface area contributed by atoms with Crippen LogP contribution in [0.2, 0.25) is 0 Å². The van der Waals surface area contributed by atoms with Crippen LogP contribution < -0.4 is 5.32 Å². The summed E-state index contributed by atoms with van der Waals surface area (Å²) in [6, 6.07) is 4.96. The van der Waals surface area contributed by atoms with Gasteiger partial charge in [0.15, 0.2) is 0 Å². The topological polar surface area (TPSA) is 49.3 Å². The highest BCUT2D eigenvalue weighted by Crippen LogP contribution is 2.23. The summed E-state index contributed by atoms with van der Waals surface area (Å²) in [7, 11) is 0. The molecule has 0 unspecified atom stereocenters. The summed E-state index contributed by atoms with van der Waals surface area (Å²) in [5.74, 6) is 0.110. The molecule has 0 amide bonds. The van der Waals surface area contributed by atoms with Crippen molar-refractivity contribution in [1.82, 2.24) is 0 Å². The van der Waals surface area contributed by atoms with Gasteiger partial charge in [0, 0.05) is 22.5 Å². The summed E-state index contributed by atoms with van der Waals surface area (Å²) in [5.41, 5.74) is 1.21. The van der Waals surface area contributed by atoms with E-state index in [4.69, 9.17) is 5.11 Å². The largest absolute Gasteiger partial charge is 0.478 e. The summed E-state index contributed by atoms with van der Waals surface area (Å²) in [5, 5.41) is 12.0. The lowest BCUT2D eigenvalue weighted by Crippen LogP contribution is -2.05. The molecule has 0 saturated heterocycles. The first-order valence-corrected chi connectivity index (χ1v) is 6.59. The summed E-state index contributed by atoms with van der Waals surface area (Å²) in [6.45, 7) is 0.867. The second-order valence-electron chi connectivity index (χ2n) is 2.92. The Hall–Kier alpha value is -0.680. The molecule has 0 aliphatic heterocycles. The highest BCUT2D eigenvalue weighted by atomic mass is 79.9. The van der Waals surface area contributed by atoms with Crippen LogP contribution in [-0.4, -0.2) is 29.6 Å². The van der Waals surface area contributed by atoms with E-state index in [1.165, 1.54) is 0 Å². The van der Waals surface area contributed by atoms with Crippen molar-refractivity contribution in [2.24, 2.45) is 0 Å². The standard InChI is InChI=1S/C10H12BrNO2S/c1-15-5-4-12-9-3-2-7(10(13)14)6-8(9)11/h2-3,6,12H,4-5H2,1H3,(H,13,14). The Morgan fingerprint density at radius 1 is 1.60 bits per heavy atom. The number of thioether (sulfide) groups is 1. The fourth-order valence-electron chi connectivity index (χ4n) is 1.08. The summed E-state index contributed by atoms with van der Waals surface area (Å²) in [6.07, 6.45) is 2.05. The van der Waals surface area contributed by atoms with Gasteiger partial charge in [-0.15, -0.1) is 0 Å². The number of carbonyl (C=O) groups is 1. The van der Waals surface area contributed by atoms with E-state index in [9.17, 15) is 4.79 Å². The first kappa shape index (κ1) is 12.4. The molecule has 0 bridgehead atoms. The number of hydrogen-bond donors (Lipinski definition) is 2. The molecular formula is C10H12BrNO2S. The van der Waals surface area contributed by atoms with Gasteiger partial charge in [-0.3, -0.25) is 0 Å². The SMILES string of the molecule is CSCCNc1ccc(C(=O)O)cc1Br. The van der Waals surface area contributed by atoms with Crippen LogP contribution in [0.4, 0.5) is 5.69 Å². The van der Waals surface area contributed by atoms with E-state index in [0.717, 1.165) is 22.5 Å². The van der Waals surface area contributed by atoms with Crippen LogP contribution in [0.5, 0.6) is 0 Å². The third kappa shape index (κ3) is 3.76. The number of halogens is 1. The lowest BCUT2D eigenvalue weighted by atomic mass is 10.2. The normalized spacial score (nSPS) is 10.0. The second-order valence-corrected chi connectivity index (χ2v) is 4.76. The van der Waals surface area contributed by atoms with Crippen molar-refractivity contribution in [3.63, 3.8) is 0 Å². The van der Waals surface area contributed by atoms with Gasteiger partial charge in [0.25, 0.3) is 0 Å². The van der Waals surface area contributed by atoms with E-state index in [2.05, 4.69) is 21.2 Å². The van der Waals surface area contributed by atoms with Gasteiger partial charge in [0.05, 0.1) is 5.56 Å². The molecule has 5 heteroatoms. The number of benzene rings is 1. The van der Waals surface area contributed by atoms with Crippen LogP contribution in [-0.2, 0) is 0 Å². The minimum atomic E-state index is -0.911. The Kier molecular flexibility index (Phi) is 4.98. The van der Waals surface area contributed by atoms with Crippen LogP contribution in [0, 0.1) is 0 Å². The predicted octanol–water partition coefficient (Wildman–Crippen LogP) is 2.92. The first-order valence-electron chi connectivity index (χ1n) is 4.41. The fraction of sp³-hybridized carbons (Fsp3) is 0.300. The number of anilines is 1. The monoisotopic (exact) mass is 289 g/mol. The molecule has 0 saturated carbocycles. The highest BCUT2D eigenvalue weighted by Gasteiger charge is 2.05. The van der Waals surface area contributed by atoms with Crippen molar-refractivity contribution in [3.8, 4) is 0 Å². The van der Waals surface area contributed by atoms with Crippen LogP contribution in [0.25, 0.3) is 0 Å². The van der Waals surface area contributed by atoms with Crippen LogP contribution >= 0.6 is 27.7 Å². The Labute approximate surface area is 101 Å². The van der Waals surface area contributed by atoms with E-state index >= 15 is 0 Å². The molecule has 15 heavy (non-hydrogen) atoms. The quantitative estimate of drug-likeness (QED) is 0.819. The maximum atomic E-state index is 10.7. The Balaban J connectivity index is 2.70. The Morgan fingerprint density at radius 2 is 2.33 bits per heavy atom. The number of hydrogen-bond acceptors (Lipinski definition) is 3. The van der Waals surface area contributed by atoms with Gasteiger partial charge in [0.2, 0.25) is 0 Å². The van der Waals surface area contributed by atoms with Crippen LogP contribution in [0.3, 0.4) is 0 Å². The second kappa shape index (κ2) is 6.02. The highest BCUT2D eigenvalue weighted by molar-refractivity contribution is 9.10. The van der Waals surface area contributed by atoms with Gasteiger partial charge < -0.3 is 10.4 Å². The summed E-state index contributed by atoms with van der Waals surface area (Å²) < 4.78 is 0.781. The molecular weight excluding hydrogens is 278 g/mol. The fourth-order valence-corrected chi connectivity index (χ4v) is 1.90. The number of rotatable bonds is 5. The van der Waals surface area contributed by atoms with Crippen molar-refractivity contribution in [2.75, 3.05) is 23.9 Å². The molecule has 0 aromatic heterocycles. The zero-order valence-corrected chi connectivity index (χ0v) is 10.7. The van der Waals surface area contributed by atoms with Gasteiger partial charge in [-0.25, -0.2) is 4.79 Å². The van der Waals surface area contributed by atoms with Crippen molar-refractivity contribution in [3.05, 3.63) is 28.2 Å². The summed E-state index contributed by atoms with van der Waals surface area (Å²) >= 11 is 5.10. The molecule has 0 radical (unpaired) electrons. The van der Waals surface area contributed by atoms with E-state index in [1.807, 2.05) is 6.26 Å². The van der Waals surface area contributed by atoms with Crippen molar-refractivity contribution in [1.29, 1.82) is 0 Å². The van der Waals surface area contributed by atoms with E-state index in [0.29, 0.717) is 0 Å². The van der Waals surface area contributed by atoms with E-state index in [-0.39, 0.29) is 5.56 Å². The number of carboxylic acid groups (broad SMARTS) is 1. The molecule has 1 rings (SSSR count). The minimum Gasteiger partial charge on any atom is -0.478 e. The first-order chi connectivity index (χ1) is 7.15. The molecule has 2 N–H and O–H groups in total. The molecule has 0 fully saturated rings. The zero-order chi connectivity index (χ0) is 11.3. The van der Waals surface area contributed by atoms with Gasteiger partial charge >= 0.3 is 5.97 Å². The predicted molar refractivity (Wildman–Crippen MR) is 68.0 cm³/mol. The maximum absolute atomic E-state index is 10.7. The minimum absolute atomic E-state index is 0.289. The van der Waals surface area contributed by atoms with Gasteiger partial charge in [-0.2, -0.15) is 11.8 Å². The average molecular weight is 290 g/mol. The molecule has 1 aromatic carbocycles. The third-order valence-electron chi connectivity index (χ3n) is 1.84. The Bertz CT molecular complexity index is 357. The molecule has 0 aliphatic carbocycles. The molecule has 82 valence electrons. The van der Waals surface area contributed by atoms with Crippen molar-refractivity contribution in [2.45, 2.75) is 0 Å². The lowest BCUT2D eigenvalue weighted by molar-refractivity contribution is 0.0697. The number of carboxylic acids is 1. The third-order valence-corrected chi connectivity index (χ3v) is 3.11. The van der Waals surface area contributed by atoms with Gasteiger partial charge in [0.1, 0.15) is 0 Å².